The second kappa shape index (κ2) is 4.45. The molecule has 3 nitrogen and oxygen atoms in total. The van der Waals surface area contributed by atoms with E-state index in [1.165, 1.54) is 6.42 Å². The molecule has 0 aliphatic carbocycles. The van der Waals surface area contributed by atoms with E-state index in [2.05, 4.69) is 11.9 Å². The minimum absolute atomic E-state index is 0.149. The van der Waals surface area contributed by atoms with Crippen LogP contribution in [-0.2, 0) is 4.79 Å². The number of nitrogens with zero attached hydrogens (tertiary/aromatic N) is 1. The summed E-state index contributed by atoms with van der Waals surface area (Å²) in [5, 5.41) is 0. The first-order valence-electron chi connectivity index (χ1n) is 4.65. The zero-order chi connectivity index (χ0) is 8.97. The van der Waals surface area contributed by atoms with Crippen molar-refractivity contribution in [3.05, 3.63) is 0 Å². The molecular weight excluding hydrogens is 152 g/mol. The Labute approximate surface area is 73.9 Å². The van der Waals surface area contributed by atoms with Crippen LogP contribution in [0.1, 0.15) is 25.7 Å². The van der Waals surface area contributed by atoms with Gasteiger partial charge in [-0.3, -0.25) is 4.79 Å². The molecule has 0 aromatic rings. The molecule has 3 heteroatoms. The lowest BCUT2D eigenvalue weighted by molar-refractivity contribution is -0.119. The fraction of sp³-hybridized carbons (Fsp3) is 0.889. The van der Waals surface area contributed by atoms with E-state index in [1.807, 2.05) is 0 Å². The SMILES string of the molecule is CN1CCCC(CC(N)=O)CC1. The number of amides is 1. The lowest BCUT2D eigenvalue weighted by Gasteiger charge is -2.12. The van der Waals surface area contributed by atoms with Gasteiger partial charge in [0.05, 0.1) is 0 Å². The molecule has 0 spiro atoms. The number of primary amides is 1. The monoisotopic (exact) mass is 170 g/mol. The third-order valence-electron chi connectivity index (χ3n) is 2.56. The molecular formula is C9H18N2O. The van der Waals surface area contributed by atoms with Crippen molar-refractivity contribution < 1.29 is 4.79 Å². The second-order valence-electron chi connectivity index (χ2n) is 3.77. The minimum atomic E-state index is -0.149. The summed E-state index contributed by atoms with van der Waals surface area (Å²) in [6, 6.07) is 0. The van der Waals surface area contributed by atoms with Gasteiger partial charge in [0.25, 0.3) is 0 Å². The van der Waals surface area contributed by atoms with Gasteiger partial charge in [-0.05, 0) is 45.3 Å². The van der Waals surface area contributed by atoms with Crippen LogP contribution in [0, 0.1) is 5.92 Å². The fourth-order valence-corrected chi connectivity index (χ4v) is 1.80. The highest BCUT2D eigenvalue weighted by atomic mass is 16.1. The smallest absolute Gasteiger partial charge is 0.217 e. The Balaban J connectivity index is 2.30. The lowest BCUT2D eigenvalue weighted by atomic mass is 9.97. The molecule has 0 aromatic heterocycles. The number of carbonyl (C=O) groups excluding carboxylic acids is 1. The summed E-state index contributed by atoms with van der Waals surface area (Å²) in [5.41, 5.74) is 5.16. The summed E-state index contributed by atoms with van der Waals surface area (Å²) >= 11 is 0. The van der Waals surface area contributed by atoms with Crippen LogP contribution in [0.15, 0.2) is 0 Å². The predicted octanol–water partition coefficient (Wildman–Crippen LogP) is 0.594. The van der Waals surface area contributed by atoms with Gasteiger partial charge in [-0.15, -0.1) is 0 Å². The molecule has 1 atom stereocenters. The van der Waals surface area contributed by atoms with Gasteiger partial charge in [0.2, 0.25) is 5.91 Å². The number of carbonyl (C=O) groups is 1. The van der Waals surface area contributed by atoms with Crippen molar-refractivity contribution in [1.82, 2.24) is 4.90 Å². The predicted molar refractivity (Wildman–Crippen MR) is 48.6 cm³/mol. The molecule has 0 radical (unpaired) electrons. The molecule has 1 saturated heterocycles. The van der Waals surface area contributed by atoms with Gasteiger partial charge >= 0.3 is 0 Å². The molecule has 0 aromatic carbocycles. The molecule has 1 rings (SSSR count). The number of hydrogen-bond donors (Lipinski definition) is 1. The summed E-state index contributed by atoms with van der Waals surface area (Å²) in [6.45, 7) is 2.27. The van der Waals surface area contributed by atoms with Crippen LogP contribution in [-0.4, -0.2) is 30.9 Å². The summed E-state index contributed by atoms with van der Waals surface area (Å²) in [5.74, 6) is 0.386. The van der Waals surface area contributed by atoms with Crippen LogP contribution in [0.5, 0.6) is 0 Å². The molecule has 1 fully saturated rings. The molecule has 0 bridgehead atoms. The Morgan fingerprint density at radius 3 is 2.92 bits per heavy atom. The molecule has 70 valence electrons. The normalized spacial score (nSPS) is 26.6. The maximum atomic E-state index is 10.7. The van der Waals surface area contributed by atoms with E-state index in [0.29, 0.717) is 12.3 Å². The van der Waals surface area contributed by atoms with Gasteiger partial charge in [-0.25, -0.2) is 0 Å². The third-order valence-corrected chi connectivity index (χ3v) is 2.56. The van der Waals surface area contributed by atoms with Crippen molar-refractivity contribution in [1.29, 1.82) is 0 Å². The second-order valence-corrected chi connectivity index (χ2v) is 3.77. The zero-order valence-electron chi connectivity index (χ0n) is 7.75. The largest absolute Gasteiger partial charge is 0.370 e. The molecule has 2 N–H and O–H groups in total. The summed E-state index contributed by atoms with van der Waals surface area (Å²) in [7, 11) is 2.13. The van der Waals surface area contributed by atoms with Crippen LogP contribution in [0.4, 0.5) is 0 Å². The highest BCUT2D eigenvalue weighted by Gasteiger charge is 2.16. The average molecular weight is 170 g/mol. The van der Waals surface area contributed by atoms with Crippen molar-refractivity contribution in [2.24, 2.45) is 11.7 Å². The Morgan fingerprint density at radius 1 is 1.50 bits per heavy atom. The number of nitrogens with two attached hydrogens (primary N) is 1. The molecule has 12 heavy (non-hydrogen) atoms. The van der Waals surface area contributed by atoms with Crippen LogP contribution >= 0.6 is 0 Å². The Bertz CT molecular complexity index is 159. The molecule has 1 amide bonds. The summed E-state index contributed by atoms with van der Waals surface area (Å²) < 4.78 is 0. The van der Waals surface area contributed by atoms with Gasteiger partial charge in [-0.2, -0.15) is 0 Å². The highest BCUT2D eigenvalue weighted by molar-refractivity contribution is 5.73. The van der Waals surface area contributed by atoms with Crippen LogP contribution < -0.4 is 5.73 Å². The minimum Gasteiger partial charge on any atom is -0.370 e. The maximum Gasteiger partial charge on any atom is 0.217 e. The number of rotatable bonds is 2. The first kappa shape index (κ1) is 9.52. The van der Waals surface area contributed by atoms with Crippen LogP contribution in [0.25, 0.3) is 0 Å². The van der Waals surface area contributed by atoms with Crippen molar-refractivity contribution in [2.45, 2.75) is 25.7 Å². The quantitative estimate of drug-likeness (QED) is 0.659. The van der Waals surface area contributed by atoms with Gasteiger partial charge in [-0.1, -0.05) is 0 Å². The van der Waals surface area contributed by atoms with E-state index in [-0.39, 0.29) is 5.91 Å². The third kappa shape index (κ3) is 3.22. The number of likely N-dealkylation sites (tertiary alicyclic amines) is 1. The molecule has 1 heterocycles. The van der Waals surface area contributed by atoms with E-state index in [9.17, 15) is 4.79 Å². The fourth-order valence-electron chi connectivity index (χ4n) is 1.80. The first-order valence-corrected chi connectivity index (χ1v) is 4.65. The van der Waals surface area contributed by atoms with E-state index >= 15 is 0 Å². The van der Waals surface area contributed by atoms with Gasteiger partial charge < -0.3 is 10.6 Å². The maximum absolute atomic E-state index is 10.7. The van der Waals surface area contributed by atoms with Gasteiger partial charge in [0, 0.05) is 6.42 Å². The zero-order valence-corrected chi connectivity index (χ0v) is 7.75. The van der Waals surface area contributed by atoms with Crippen molar-refractivity contribution >= 4 is 5.91 Å². The van der Waals surface area contributed by atoms with Crippen molar-refractivity contribution in [3.63, 3.8) is 0 Å². The topological polar surface area (TPSA) is 46.3 Å². The van der Waals surface area contributed by atoms with Crippen molar-refractivity contribution in [2.75, 3.05) is 20.1 Å². The van der Waals surface area contributed by atoms with E-state index in [0.717, 1.165) is 25.9 Å². The summed E-state index contributed by atoms with van der Waals surface area (Å²) in [6.07, 6.45) is 4.06. The summed E-state index contributed by atoms with van der Waals surface area (Å²) in [4.78, 5) is 13.0. The van der Waals surface area contributed by atoms with Crippen LogP contribution in [0.2, 0.25) is 0 Å². The van der Waals surface area contributed by atoms with E-state index in [1.54, 1.807) is 0 Å². The molecule has 1 unspecified atom stereocenters. The lowest BCUT2D eigenvalue weighted by Crippen LogP contribution is -2.20. The Kier molecular flexibility index (Phi) is 3.53. The highest BCUT2D eigenvalue weighted by Crippen LogP contribution is 2.19. The standard InChI is InChI=1S/C9H18N2O/c1-11-5-2-3-8(4-6-11)7-9(10)12/h8H,2-7H2,1H3,(H2,10,12). The Morgan fingerprint density at radius 2 is 2.25 bits per heavy atom. The van der Waals surface area contributed by atoms with Gasteiger partial charge in [0.15, 0.2) is 0 Å². The molecule has 0 saturated carbocycles. The Hall–Kier alpha value is -0.570. The van der Waals surface area contributed by atoms with E-state index < -0.39 is 0 Å². The first-order chi connectivity index (χ1) is 5.68. The van der Waals surface area contributed by atoms with Crippen molar-refractivity contribution in [3.8, 4) is 0 Å². The molecule has 1 aliphatic rings. The number of hydrogen-bond acceptors (Lipinski definition) is 2. The molecule has 1 aliphatic heterocycles. The van der Waals surface area contributed by atoms with E-state index in [4.69, 9.17) is 5.73 Å². The van der Waals surface area contributed by atoms with Crippen LogP contribution in [0.3, 0.4) is 0 Å². The average Bonchev–Trinajstić information content (AvgIpc) is 2.15. The van der Waals surface area contributed by atoms with Gasteiger partial charge in [0.1, 0.15) is 0 Å².